The van der Waals surface area contributed by atoms with Gasteiger partial charge in [0.05, 0.1) is 17.6 Å². The molecule has 1 aliphatic heterocycles. The van der Waals surface area contributed by atoms with Crippen molar-refractivity contribution >= 4 is 19.7 Å². The molecule has 0 aromatic heterocycles. The molecule has 1 saturated heterocycles. The highest BCUT2D eigenvalue weighted by atomic mass is 35.7. The summed E-state index contributed by atoms with van der Waals surface area (Å²) in [6.45, 7) is 5.06. The van der Waals surface area contributed by atoms with Gasteiger partial charge >= 0.3 is 0 Å². The molecule has 1 atom stereocenters. The van der Waals surface area contributed by atoms with Crippen LogP contribution in [0.1, 0.15) is 36.8 Å². The molecule has 0 spiro atoms. The molecule has 0 N–H and O–H groups in total. The second-order valence-corrected chi connectivity index (χ2v) is 7.91. The molecule has 4 nitrogen and oxygen atoms in total. The van der Waals surface area contributed by atoms with Gasteiger partial charge in [0, 0.05) is 17.3 Å². The molecule has 2 rings (SSSR count). The summed E-state index contributed by atoms with van der Waals surface area (Å²) < 4.78 is 34.2. The lowest BCUT2D eigenvalue weighted by molar-refractivity contribution is 0.0981. The van der Waals surface area contributed by atoms with Crippen molar-refractivity contribution in [2.75, 3.05) is 13.2 Å². The van der Waals surface area contributed by atoms with Gasteiger partial charge in [0.15, 0.2) is 0 Å². The summed E-state index contributed by atoms with van der Waals surface area (Å²) in [6, 6.07) is 3.17. The first-order valence-electron chi connectivity index (χ1n) is 7.19. The van der Waals surface area contributed by atoms with E-state index in [9.17, 15) is 8.42 Å². The minimum atomic E-state index is -3.71. The zero-order valence-corrected chi connectivity index (χ0v) is 14.0. The van der Waals surface area contributed by atoms with Gasteiger partial charge in [-0.15, -0.1) is 0 Å². The molecule has 0 radical (unpaired) electrons. The van der Waals surface area contributed by atoms with Gasteiger partial charge in [0.2, 0.25) is 0 Å². The fraction of sp³-hybridized carbons (Fsp3) is 0.600. The quantitative estimate of drug-likeness (QED) is 0.590. The van der Waals surface area contributed by atoms with Crippen LogP contribution in [-0.2, 0) is 13.8 Å². The number of ether oxygens (including phenoxy) is 2. The van der Waals surface area contributed by atoms with Gasteiger partial charge in [-0.3, -0.25) is 0 Å². The van der Waals surface area contributed by atoms with Gasteiger partial charge in [0.25, 0.3) is 9.05 Å². The van der Waals surface area contributed by atoms with Crippen LogP contribution < -0.4 is 4.74 Å². The lowest BCUT2D eigenvalue weighted by Crippen LogP contribution is -2.08. The molecule has 0 bridgehead atoms. The van der Waals surface area contributed by atoms with Gasteiger partial charge in [-0.05, 0) is 62.8 Å². The Morgan fingerprint density at radius 1 is 1.33 bits per heavy atom. The second kappa shape index (κ2) is 6.99. The average Bonchev–Trinajstić information content (AvgIpc) is 2.91. The van der Waals surface area contributed by atoms with Gasteiger partial charge in [0.1, 0.15) is 5.75 Å². The van der Waals surface area contributed by atoms with Crippen molar-refractivity contribution in [2.45, 2.75) is 50.5 Å². The van der Waals surface area contributed by atoms with Crippen molar-refractivity contribution in [2.24, 2.45) is 0 Å². The third-order valence-corrected chi connectivity index (χ3v) is 5.37. The van der Waals surface area contributed by atoms with E-state index in [1.54, 1.807) is 13.0 Å². The van der Waals surface area contributed by atoms with Gasteiger partial charge in [-0.1, -0.05) is 0 Å². The van der Waals surface area contributed by atoms with Crippen molar-refractivity contribution in [3.8, 4) is 5.75 Å². The SMILES string of the molecule is Cc1c(OCCCC2CCCO2)ccc(S(=O)(=O)Cl)c1C. The number of rotatable bonds is 6. The minimum absolute atomic E-state index is 0.147. The van der Waals surface area contributed by atoms with Crippen molar-refractivity contribution in [3.05, 3.63) is 23.3 Å². The largest absolute Gasteiger partial charge is 0.493 e. The molecule has 1 heterocycles. The first-order chi connectivity index (χ1) is 9.89. The summed E-state index contributed by atoms with van der Waals surface area (Å²) in [5.74, 6) is 0.712. The third kappa shape index (κ3) is 4.34. The van der Waals surface area contributed by atoms with Crippen LogP contribution >= 0.6 is 10.7 Å². The number of hydrogen-bond acceptors (Lipinski definition) is 4. The van der Waals surface area contributed by atoms with Crippen LogP contribution in [0.5, 0.6) is 5.75 Å². The maximum absolute atomic E-state index is 11.4. The Morgan fingerprint density at radius 2 is 2.10 bits per heavy atom. The van der Waals surface area contributed by atoms with Crippen LogP contribution in [0.25, 0.3) is 0 Å². The van der Waals surface area contributed by atoms with Crippen molar-refractivity contribution < 1.29 is 17.9 Å². The van der Waals surface area contributed by atoms with E-state index in [4.69, 9.17) is 20.2 Å². The zero-order valence-electron chi connectivity index (χ0n) is 12.4. The van der Waals surface area contributed by atoms with E-state index in [0.717, 1.165) is 37.9 Å². The Hall–Kier alpha value is -0.780. The summed E-state index contributed by atoms with van der Waals surface area (Å²) in [6.07, 6.45) is 4.60. The lowest BCUT2D eigenvalue weighted by atomic mass is 10.1. The van der Waals surface area contributed by atoms with Gasteiger partial charge in [-0.25, -0.2) is 8.42 Å². The van der Waals surface area contributed by atoms with E-state index in [0.29, 0.717) is 24.0 Å². The first kappa shape index (κ1) is 16.6. The Morgan fingerprint density at radius 3 is 2.71 bits per heavy atom. The van der Waals surface area contributed by atoms with Crippen LogP contribution in [-0.4, -0.2) is 27.7 Å². The zero-order chi connectivity index (χ0) is 15.5. The average molecular weight is 333 g/mol. The second-order valence-electron chi connectivity index (χ2n) is 5.38. The summed E-state index contributed by atoms with van der Waals surface area (Å²) in [4.78, 5) is 0.147. The van der Waals surface area contributed by atoms with E-state index < -0.39 is 9.05 Å². The van der Waals surface area contributed by atoms with Crippen LogP contribution in [0.3, 0.4) is 0 Å². The van der Waals surface area contributed by atoms with Crippen LogP contribution in [0.4, 0.5) is 0 Å². The van der Waals surface area contributed by atoms with Crippen molar-refractivity contribution in [1.29, 1.82) is 0 Å². The fourth-order valence-electron chi connectivity index (χ4n) is 2.56. The van der Waals surface area contributed by atoms with E-state index >= 15 is 0 Å². The fourth-order valence-corrected chi connectivity index (χ4v) is 3.81. The molecule has 1 unspecified atom stereocenters. The molecule has 0 saturated carbocycles. The van der Waals surface area contributed by atoms with E-state index in [-0.39, 0.29) is 4.90 Å². The van der Waals surface area contributed by atoms with E-state index in [2.05, 4.69) is 0 Å². The standard InChI is InChI=1S/C15H21ClO4S/c1-11-12(2)15(21(16,17)18)8-7-14(11)20-10-4-6-13-5-3-9-19-13/h7-8,13H,3-6,9-10H2,1-2H3. The molecule has 118 valence electrons. The lowest BCUT2D eigenvalue weighted by Gasteiger charge is -2.14. The molecule has 1 aromatic rings. The highest BCUT2D eigenvalue weighted by Crippen LogP contribution is 2.29. The highest BCUT2D eigenvalue weighted by Gasteiger charge is 2.17. The van der Waals surface area contributed by atoms with Crippen LogP contribution in [0.15, 0.2) is 17.0 Å². The summed E-state index contributed by atoms with van der Waals surface area (Å²) in [7, 11) is 1.70. The molecule has 1 aliphatic rings. The number of hydrogen-bond donors (Lipinski definition) is 0. The topological polar surface area (TPSA) is 52.6 Å². The predicted molar refractivity (Wildman–Crippen MR) is 82.7 cm³/mol. The molecule has 0 aliphatic carbocycles. The Labute approximate surface area is 130 Å². The summed E-state index contributed by atoms with van der Waals surface area (Å²) >= 11 is 0. The van der Waals surface area contributed by atoms with Crippen LogP contribution in [0, 0.1) is 13.8 Å². The molecule has 1 aromatic carbocycles. The Kier molecular flexibility index (Phi) is 5.52. The molecular weight excluding hydrogens is 312 g/mol. The molecular formula is C15H21ClO4S. The highest BCUT2D eigenvalue weighted by molar-refractivity contribution is 8.13. The molecule has 6 heteroatoms. The number of halogens is 1. The minimum Gasteiger partial charge on any atom is -0.493 e. The normalized spacial score (nSPS) is 18.9. The van der Waals surface area contributed by atoms with Crippen LogP contribution in [0.2, 0.25) is 0 Å². The monoisotopic (exact) mass is 332 g/mol. The van der Waals surface area contributed by atoms with E-state index in [1.165, 1.54) is 6.07 Å². The summed E-state index contributed by atoms with van der Waals surface area (Å²) in [5, 5.41) is 0. The smallest absolute Gasteiger partial charge is 0.261 e. The molecule has 1 fully saturated rings. The maximum atomic E-state index is 11.4. The summed E-state index contributed by atoms with van der Waals surface area (Å²) in [5.41, 5.74) is 1.45. The third-order valence-electron chi connectivity index (χ3n) is 3.90. The molecule has 21 heavy (non-hydrogen) atoms. The van der Waals surface area contributed by atoms with Crippen molar-refractivity contribution in [1.82, 2.24) is 0 Å². The van der Waals surface area contributed by atoms with Crippen molar-refractivity contribution in [3.63, 3.8) is 0 Å². The first-order valence-corrected chi connectivity index (χ1v) is 9.50. The predicted octanol–water partition coefficient (Wildman–Crippen LogP) is 3.57. The van der Waals surface area contributed by atoms with Gasteiger partial charge < -0.3 is 9.47 Å². The Bertz CT molecular complexity index is 592. The number of benzene rings is 1. The molecule has 0 amide bonds. The van der Waals surface area contributed by atoms with Gasteiger partial charge in [-0.2, -0.15) is 0 Å². The maximum Gasteiger partial charge on any atom is 0.261 e. The Balaban J connectivity index is 1.93. The van der Waals surface area contributed by atoms with E-state index in [1.807, 2.05) is 6.92 Å².